The molecule has 4 fully saturated rings. The predicted molar refractivity (Wildman–Crippen MR) is 128 cm³/mol. The van der Waals surface area contributed by atoms with E-state index in [0.717, 1.165) is 24.2 Å². The van der Waals surface area contributed by atoms with E-state index >= 15 is 0 Å². The Morgan fingerprint density at radius 3 is 2.49 bits per heavy atom. The van der Waals surface area contributed by atoms with Gasteiger partial charge in [-0.1, -0.05) is 6.92 Å². The second-order valence-electron chi connectivity index (χ2n) is 11.1. The summed E-state index contributed by atoms with van der Waals surface area (Å²) in [6.45, 7) is 3.79. The van der Waals surface area contributed by atoms with Gasteiger partial charge in [-0.05, 0) is 93.2 Å². The molecular weight excluding hydrogens is 450 g/mol. The highest BCUT2D eigenvalue weighted by Gasteiger charge is 2.54. The molecule has 0 aliphatic heterocycles. The molecule has 4 saturated carbocycles. The number of alkyl halides is 2. The summed E-state index contributed by atoms with van der Waals surface area (Å²) in [5.41, 5.74) is 1.08. The number of carbonyl (C=O) groups excluding carboxylic acids is 1. The lowest BCUT2D eigenvalue weighted by Crippen LogP contribution is -2.57. The van der Waals surface area contributed by atoms with E-state index in [2.05, 4.69) is 22.3 Å². The Morgan fingerprint density at radius 2 is 1.91 bits per heavy atom. The van der Waals surface area contributed by atoms with Crippen molar-refractivity contribution in [3.05, 3.63) is 35.7 Å². The summed E-state index contributed by atoms with van der Waals surface area (Å²) < 4.78 is 34.8. The van der Waals surface area contributed by atoms with E-state index in [4.69, 9.17) is 4.42 Å². The number of aromatic nitrogens is 3. The molecule has 8 heteroatoms. The van der Waals surface area contributed by atoms with Crippen LogP contribution in [-0.2, 0) is 11.3 Å². The van der Waals surface area contributed by atoms with Crippen molar-refractivity contribution in [2.75, 3.05) is 0 Å². The Morgan fingerprint density at radius 1 is 1.23 bits per heavy atom. The summed E-state index contributed by atoms with van der Waals surface area (Å²) in [6.07, 6.45) is 7.41. The number of furan rings is 1. The van der Waals surface area contributed by atoms with E-state index in [1.54, 1.807) is 19.1 Å². The monoisotopic (exact) mass is 482 g/mol. The maximum absolute atomic E-state index is 14.0. The smallest absolute Gasteiger partial charge is 0.264 e. The molecule has 1 N–H and O–H groups in total. The zero-order valence-corrected chi connectivity index (χ0v) is 20.3. The molecule has 0 radical (unpaired) electrons. The molecule has 0 aromatic carbocycles. The van der Waals surface area contributed by atoms with Crippen molar-refractivity contribution in [3.8, 4) is 11.5 Å². The largest absolute Gasteiger partial charge is 0.463 e. The first-order valence-corrected chi connectivity index (χ1v) is 12.8. The van der Waals surface area contributed by atoms with E-state index in [9.17, 15) is 13.6 Å². The number of halogens is 2. The van der Waals surface area contributed by atoms with Crippen LogP contribution in [0.25, 0.3) is 22.5 Å². The molecule has 1 unspecified atom stereocenters. The van der Waals surface area contributed by atoms with Gasteiger partial charge in [0.25, 0.3) is 6.43 Å². The van der Waals surface area contributed by atoms with Crippen molar-refractivity contribution in [2.45, 2.75) is 77.8 Å². The molecule has 35 heavy (non-hydrogen) atoms. The fourth-order valence-electron chi connectivity index (χ4n) is 7.89. The molecular formula is C27H32F2N4O2. The van der Waals surface area contributed by atoms with Gasteiger partial charge in [-0.25, -0.2) is 18.4 Å². The van der Waals surface area contributed by atoms with Gasteiger partial charge in [0.05, 0.1) is 17.3 Å². The second-order valence-corrected chi connectivity index (χ2v) is 11.1. The third-order valence-electron chi connectivity index (χ3n) is 8.78. The lowest BCUT2D eigenvalue weighted by Gasteiger charge is -2.59. The SMILES string of the molecule is CCC(NC(=O)Cn1nc(C)c2c(C(F)F)cc(-c3ccco3)nc21)C12CC3CC(CC(C3)C1)C2. The van der Waals surface area contributed by atoms with Gasteiger partial charge in [0.1, 0.15) is 12.2 Å². The van der Waals surface area contributed by atoms with Gasteiger partial charge in [0.15, 0.2) is 11.4 Å². The fraction of sp³-hybridized carbons (Fsp3) is 0.593. The number of hydrogen-bond acceptors (Lipinski definition) is 4. The molecule has 4 bridgehead atoms. The fourth-order valence-corrected chi connectivity index (χ4v) is 7.89. The van der Waals surface area contributed by atoms with Crippen LogP contribution in [0.4, 0.5) is 8.78 Å². The predicted octanol–water partition coefficient (Wildman–Crippen LogP) is 6.05. The van der Waals surface area contributed by atoms with Crippen LogP contribution in [0.3, 0.4) is 0 Å². The Hall–Kier alpha value is -2.77. The summed E-state index contributed by atoms with van der Waals surface area (Å²) in [7, 11) is 0. The summed E-state index contributed by atoms with van der Waals surface area (Å²) in [5.74, 6) is 2.68. The van der Waals surface area contributed by atoms with Crippen molar-refractivity contribution in [1.82, 2.24) is 20.1 Å². The van der Waals surface area contributed by atoms with Crippen LogP contribution in [0, 0.1) is 30.1 Å². The van der Waals surface area contributed by atoms with Crippen LogP contribution >= 0.6 is 0 Å². The number of aryl methyl sites for hydroxylation is 1. The van der Waals surface area contributed by atoms with Crippen LogP contribution in [0.5, 0.6) is 0 Å². The van der Waals surface area contributed by atoms with Gasteiger partial charge >= 0.3 is 0 Å². The summed E-state index contributed by atoms with van der Waals surface area (Å²) >= 11 is 0. The highest BCUT2D eigenvalue weighted by Crippen LogP contribution is 2.61. The highest BCUT2D eigenvalue weighted by molar-refractivity contribution is 5.86. The van der Waals surface area contributed by atoms with Crippen molar-refractivity contribution >= 4 is 16.9 Å². The normalized spacial score (nSPS) is 28.2. The Kier molecular flexibility index (Phi) is 5.45. The van der Waals surface area contributed by atoms with Crippen LogP contribution < -0.4 is 5.32 Å². The van der Waals surface area contributed by atoms with Crippen LogP contribution in [0.2, 0.25) is 0 Å². The minimum atomic E-state index is -2.69. The molecule has 3 aromatic rings. The number of rotatable bonds is 7. The van der Waals surface area contributed by atoms with Gasteiger partial charge in [-0.3, -0.25) is 4.79 Å². The highest BCUT2D eigenvalue weighted by atomic mass is 19.3. The number of carbonyl (C=O) groups is 1. The standard InChI is InChI=1S/C27H32F2N4O2/c1-3-22(27-11-16-7-17(12-27)9-18(8-16)13-27)31-23(34)14-33-26-24(15(2)32-33)19(25(28)29)10-20(30-26)21-5-4-6-35-21/h4-6,10,16-18,22,25H,3,7-9,11-14H2,1-2H3,(H,31,34). The summed E-state index contributed by atoms with van der Waals surface area (Å²) in [6, 6.07) is 4.86. The Bertz CT molecular complexity index is 1210. The minimum Gasteiger partial charge on any atom is -0.463 e. The number of nitrogens with zero attached hydrogens (tertiary/aromatic N) is 3. The van der Waals surface area contributed by atoms with Crippen molar-refractivity contribution in [1.29, 1.82) is 0 Å². The summed E-state index contributed by atoms with van der Waals surface area (Å²) in [4.78, 5) is 17.9. The molecule has 0 spiro atoms. The molecule has 4 aliphatic rings. The average molecular weight is 483 g/mol. The Labute approximate surface area is 203 Å². The molecule has 0 saturated heterocycles. The maximum atomic E-state index is 14.0. The molecule has 3 heterocycles. The first kappa shape index (κ1) is 22.7. The number of hydrogen-bond donors (Lipinski definition) is 1. The van der Waals surface area contributed by atoms with Gasteiger partial charge in [0, 0.05) is 11.6 Å². The molecule has 1 amide bonds. The van der Waals surface area contributed by atoms with Gasteiger partial charge in [-0.15, -0.1) is 0 Å². The first-order valence-electron chi connectivity index (χ1n) is 12.8. The molecule has 186 valence electrons. The zero-order valence-electron chi connectivity index (χ0n) is 20.3. The molecule has 1 atom stereocenters. The van der Waals surface area contributed by atoms with E-state index in [1.807, 2.05) is 0 Å². The second kappa shape index (κ2) is 8.42. The third-order valence-corrected chi connectivity index (χ3v) is 8.78. The van der Waals surface area contributed by atoms with Gasteiger partial charge in [-0.2, -0.15) is 5.10 Å². The zero-order chi connectivity index (χ0) is 24.3. The molecule has 4 aliphatic carbocycles. The van der Waals surface area contributed by atoms with E-state index in [1.165, 1.54) is 55.5 Å². The number of nitrogens with one attached hydrogen (secondary N) is 1. The van der Waals surface area contributed by atoms with Crippen molar-refractivity contribution < 1.29 is 18.0 Å². The topological polar surface area (TPSA) is 73.0 Å². The van der Waals surface area contributed by atoms with Crippen molar-refractivity contribution in [3.63, 3.8) is 0 Å². The molecule has 3 aromatic heterocycles. The van der Waals surface area contributed by atoms with E-state index in [-0.39, 0.29) is 35.1 Å². The lowest BCUT2D eigenvalue weighted by molar-refractivity contribution is -0.127. The van der Waals surface area contributed by atoms with Crippen molar-refractivity contribution in [2.24, 2.45) is 23.2 Å². The van der Waals surface area contributed by atoms with Crippen LogP contribution in [0.1, 0.15) is 69.6 Å². The summed E-state index contributed by atoms with van der Waals surface area (Å²) in [5, 5.41) is 8.08. The number of fused-ring (bicyclic) bond motifs is 1. The van der Waals surface area contributed by atoms with Crippen LogP contribution in [0.15, 0.2) is 28.9 Å². The molecule has 6 nitrogen and oxygen atoms in total. The third kappa shape index (κ3) is 3.85. The van der Waals surface area contributed by atoms with Gasteiger partial charge < -0.3 is 9.73 Å². The van der Waals surface area contributed by atoms with Gasteiger partial charge in [0.2, 0.25) is 5.91 Å². The number of amides is 1. The van der Waals surface area contributed by atoms with E-state index < -0.39 is 6.43 Å². The van der Waals surface area contributed by atoms with Crippen LogP contribution in [-0.4, -0.2) is 26.7 Å². The lowest BCUT2D eigenvalue weighted by atomic mass is 9.47. The maximum Gasteiger partial charge on any atom is 0.264 e. The van der Waals surface area contributed by atoms with E-state index in [0.29, 0.717) is 22.5 Å². The minimum absolute atomic E-state index is 0.0511. The quantitative estimate of drug-likeness (QED) is 0.445. The molecule has 7 rings (SSSR count). The first-order chi connectivity index (χ1) is 16.8. The average Bonchev–Trinajstić information content (AvgIpc) is 3.45. The number of pyridine rings is 1. The Balaban J connectivity index is 1.29.